The van der Waals surface area contributed by atoms with E-state index in [0.29, 0.717) is 5.16 Å². The van der Waals surface area contributed by atoms with Crippen molar-refractivity contribution in [1.29, 1.82) is 0 Å². The standard InChI is InChI=1S/C15H14N4OS2/c1-10(14(20)16-11-6-3-2-4-7-11)22-15-17-13(18-19-15)12-8-5-9-21-12/h2-10H,1H3,(H,16,20)(H,17,18,19)/t10-/m1/s1. The second-order valence-corrected chi connectivity index (χ2v) is 6.81. The number of anilines is 1. The smallest absolute Gasteiger partial charge is 0.237 e. The molecule has 7 heteroatoms. The molecule has 3 aromatic rings. The third-order valence-corrected chi connectivity index (χ3v) is 4.75. The summed E-state index contributed by atoms with van der Waals surface area (Å²) in [5, 5.41) is 12.2. The zero-order chi connectivity index (χ0) is 15.4. The van der Waals surface area contributed by atoms with E-state index in [1.165, 1.54) is 11.8 Å². The molecule has 3 rings (SSSR count). The van der Waals surface area contributed by atoms with Gasteiger partial charge in [0.25, 0.3) is 0 Å². The van der Waals surface area contributed by atoms with Crippen LogP contribution in [0.2, 0.25) is 0 Å². The van der Waals surface area contributed by atoms with Crippen LogP contribution in [0.1, 0.15) is 6.92 Å². The van der Waals surface area contributed by atoms with Gasteiger partial charge in [-0.15, -0.1) is 16.4 Å². The summed E-state index contributed by atoms with van der Waals surface area (Å²) in [6.45, 7) is 1.84. The first kappa shape index (κ1) is 14.8. The van der Waals surface area contributed by atoms with Crippen LogP contribution in [0, 0.1) is 0 Å². The molecule has 0 aliphatic rings. The van der Waals surface area contributed by atoms with Gasteiger partial charge in [-0.05, 0) is 30.5 Å². The number of H-pyrrole nitrogens is 1. The Morgan fingerprint density at radius 1 is 1.27 bits per heavy atom. The summed E-state index contributed by atoms with van der Waals surface area (Å²) in [7, 11) is 0. The van der Waals surface area contributed by atoms with Crippen molar-refractivity contribution in [1.82, 2.24) is 15.2 Å². The number of amides is 1. The molecule has 1 atom stereocenters. The van der Waals surface area contributed by atoms with Crippen molar-refractivity contribution in [2.24, 2.45) is 0 Å². The first-order chi connectivity index (χ1) is 10.7. The fourth-order valence-electron chi connectivity index (χ4n) is 1.80. The highest BCUT2D eigenvalue weighted by Gasteiger charge is 2.17. The van der Waals surface area contributed by atoms with Crippen LogP contribution in [0.3, 0.4) is 0 Å². The fourth-order valence-corrected chi connectivity index (χ4v) is 3.19. The van der Waals surface area contributed by atoms with Crippen molar-refractivity contribution in [3.05, 3.63) is 47.8 Å². The molecule has 112 valence electrons. The van der Waals surface area contributed by atoms with E-state index < -0.39 is 0 Å². The summed E-state index contributed by atoms with van der Waals surface area (Å²) < 4.78 is 0. The molecule has 2 aromatic heterocycles. The highest BCUT2D eigenvalue weighted by Crippen LogP contribution is 2.25. The maximum absolute atomic E-state index is 12.2. The van der Waals surface area contributed by atoms with Crippen molar-refractivity contribution in [3.63, 3.8) is 0 Å². The fraction of sp³-hybridized carbons (Fsp3) is 0.133. The summed E-state index contributed by atoms with van der Waals surface area (Å²) in [6.07, 6.45) is 0. The Hall–Kier alpha value is -2.12. The number of nitrogens with zero attached hydrogens (tertiary/aromatic N) is 2. The normalized spacial score (nSPS) is 12.0. The van der Waals surface area contributed by atoms with Crippen LogP contribution >= 0.6 is 23.1 Å². The Morgan fingerprint density at radius 3 is 2.82 bits per heavy atom. The Morgan fingerprint density at radius 2 is 2.09 bits per heavy atom. The number of thioether (sulfide) groups is 1. The maximum atomic E-state index is 12.2. The second kappa shape index (κ2) is 6.76. The molecular formula is C15H14N4OS2. The quantitative estimate of drug-likeness (QED) is 0.701. The molecule has 2 N–H and O–H groups in total. The number of benzene rings is 1. The number of carbonyl (C=O) groups is 1. The van der Waals surface area contributed by atoms with E-state index in [1.807, 2.05) is 54.8 Å². The topological polar surface area (TPSA) is 70.7 Å². The molecule has 5 nitrogen and oxygen atoms in total. The van der Waals surface area contributed by atoms with Gasteiger partial charge in [0.05, 0.1) is 10.1 Å². The van der Waals surface area contributed by atoms with Crippen molar-refractivity contribution in [3.8, 4) is 10.7 Å². The van der Waals surface area contributed by atoms with E-state index in [4.69, 9.17) is 0 Å². The number of aromatic amines is 1. The lowest BCUT2D eigenvalue weighted by atomic mass is 10.3. The highest BCUT2D eigenvalue weighted by molar-refractivity contribution is 8.00. The predicted octanol–water partition coefficient (Wildman–Crippen LogP) is 3.65. The first-order valence-electron chi connectivity index (χ1n) is 6.71. The van der Waals surface area contributed by atoms with E-state index in [2.05, 4.69) is 20.5 Å². The van der Waals surface area contributed by atoms with Crippen molar-refractivity contribution < 1.29 is 4.79 Å². The summed E-state index contributed by atoms with van der Waals surface area (Å²) in [4.78, 5) is 17.6. The third kappa shape index (κ3) is 3.55. The molecule has 0 bridgehead atoms. The van der Waals surface area contributed by atoms with Gasteiger partial charge in [-0.25, -0.2) is 4.98 Å². The average molecular weight is 330 g/mol. The first-order valence-corrected chi connectivity index (χ1v) is 8.47. The van der Waals surface area contributed by atoms with Gasteiger partial charge >= 0.3 is 0 Å². The van der Waals surface area contributed by atoms with E-state index in [1.54, 1.807) is 11.3 Å². The van der Waals surface area contributed by atoms with Gasteiger partial charge in [-0.1, -0.05) is 36.0 Å². The summed E-state index contributed by atoms with van der Waals surface area (Å²) in [5.41, 5.74) is 0.786. The molecule has 0 saturated carbocycles. The number of para-hydroxylation sites is 1. The minimum absolute atomic E-state index is 0.0707. The molecule has 22 heavy (non-hydrogen) atoms. The summed E-state index contributed by atoms with van der Waals surface area (Å²) in [5.74, 6) is 0.659. The van der Waals surface area contributed by atoms with E-state index in [-0.39, 0.29) is 11.2 Å². The lowest BCUT2D eigenvalue weighted by Gasteiger charge is -2.09. The molecule has 0 unspecified atom stereocenters. The Balaban J connectivity index is 1.62. The van der Waals surface area contributed by atoms with E-state index in [9.17, 15) is 4.79 Å². The summed E-state index contributed by atoms with van der Waals surface area (Å²) >= 11 is 2.92. The van der Waals surface area contributed by atoms with Crippen molar-refractivity contribution >= 4 is 34.7 Å². The van der Waals surface area contributed by atoms with Gasteiger partial charge in [-0.3, -0.25) is 9.89 Å². The van der Waals surface area contributed by atoms with Crippen LogP contribution in [0.15, 0.2) is 53.0 Å². The monoisotopic (exact) mass is 330 g/mol. The molecule has 0 spiro atoms. The Bertz CT molecular complexity index is 740. The van der Waals surface area contributed by atoms with E-state index >= 15 is 0 Å². The molecular weight excluding hydrogens is 316 g/mol. The second-order valence-electron chi connectivity index (χ2n) is 4.56. The number of hydrogen-bond acceptors (Lipinski definition) is 5. The van der Waals surface area contributed by atoms with Crippen LogP contribution in [-0.2, 0) is 4.79 Å². The van der Waals surface area contributed by atoms with Crippen LogP contribution in [-0.4, -0.2) is 26.3 Å². The van der Waals surface area contributed by atoms with Gasteiger partial charge in [0, 0.05) is 5.69 Å². The molecule has 0 radical (unpaired) electrons. The third-order valence-electron chi connectivity index (χ3n) is 2.91. The number of aromatic nitrogens is 3. The minimum Gasteiger partial charge on any atom is -0.325 e. The number of rotatable bonds is 5. The van der Waals surface area contributed by atoms with Gasteiger partial charge in [0.2, 0.25) is 11.1 Å². The Kier molecular flexibility index (Phi) is 4.55. The lowest BCUT2D eigenvalue weighted by Crippen LogP contribution is -2.22. The zero-order valence-corrected chi connectivity index (χ0v) is 13.4. The van der Waals surface area contributed by atoms with Crippen molar-refractivity contribution in [2.75, 3.05) is 5.32 Å². The minimum atomic E-state index is -0.285. The van der Waals surface area contributed by atoms with Gasteiger partial charge in [0.1, 0.15) is 0 Å². The molecule has 0 fully saturated rings. The molecule has 1 amide bonds. The largest absolute Gasteiger partial charge is 0.325 e. The molecule has 1 aromatic carbocycles. The van der Waals surface area contributed by atoms with Crippen LogP contribution < -0.4 is 5.32 Å². The molecule has 2 heterocycles. The van der Waals surface area contributed by atoms with Gasteiger partial charge in [-0.2, -0.15) is 0 Å². The Labute approximate surface area is 136 Å². The number of thiophene rings is 1. The molecule has 0 aliphatic carbocycles. The lowest BCUT2D eigenvalue weighted by molar-refractivity contribution is -0.115. The van der Waals surface area contributed by atoms with E-state index in [0.717, 1.165) is 16.4 Å². The predicted molar refractivity (Wildman–Crippen MR) is 90.1 cm³/mol. The highest BCUT2D eigenvalue weighted by atomic mass is 32.2. The van der Waals surface area contributed by atoms with Crippen LogP contribution in [0.25, 0.3) is 10.7 Å². The number of hydrogen-bond donors (Lipinski definition) is 2. The summed E-state index contributed by atoms with van der Waals surface area (Å²) in [6, 6.07) is 13.3. The van der Waals surface area contributed by atoms with Gasteiger partial charge < -0.3 is 5.32 Å². The molecule has 0 saturated heterocycles. The number of nitrogens with one attached hydrogen (secondary N) is 2. The SMILES string of the molecule is C[C@@H](Sc1n[nH]c(-c2cccs2)n1)C(=O)Nc1ccccc1. The molecule has 0 aliphatic heterocycles. The van der Waals surface area contributed by atoms with Gasteiger partial charge in [0.15, 0.2) is 5.82 Å². The van der Waals surface area contributed by atoms with Crippen molar-refractivity contribution in [2.45, 2.75) is 17.3 Å². The number of carbonyl (C=O) groups excluding carboxylic acids is 1. The van der Waals surface area contributed by atoms with Crippen LogP contribution in [0.4, 0.5) is 5.69 Å². The van der Waals surface area contributed by atoms with Crippen LogP contribution in [0.5, 0.6) is 0 Å². The maximum Gasteiger partial charge on any atom is 0.237 e. The zero-order valence-electron chi connectivity index (χ0n) is 11.8. The average Bonchev–Trinajstić information content (AvgIpc) is 3.19.